The Balaban J connectivity index is 0.880. The number of allylic oxidation sites excluding steroid dienone is 2. The zero-order valence-electron chi connectivity index (χ0n) is 33.5. The van der Waals surface area contributed by atoms with E-state index in [9.17, 15) is 27.6 Å². The van der Waals surface area contributed by atoms with E-state index in [1.807, 2.05) is 16.9 Å². The van der Waals surface area contributed by atoms with Crippen molar-refractivity contribution in [3.8, 4) is 5.88 Å². The second-order valence-corrected chi connectivity index (χ2v) is 15.7. The highest BCUT2D eigenvalue weighted by Crippen LogP contribution is 2.36. The molecule has 3 aliphatic rings. The van der Waals surface area contributed by atoms with Crippen LogP contribution in [0.5, 0.6) is 5.88 Å². The van der Waals surface area contributed by atoms with E-state index in [0.29, 0.717) is 72.9 Å². The van der Waals surface area contributed by atoms with E-state index >= 15 is 4.39 Å². The normalized spacial score (nSPS) is 18.7. The van der Waals surface area contributed by atoms with Crippen molar-refractivity contribution in [2.24, 2.45) is 5.92 Å². The molecule has 3 saturated heterocycles. The van der Waals surface area contributed by atoms with Gasteiger partial charge < -0.3 is 30.3 Å². The van der Waals surface area contributed by atoms with Gasteiger partial charge in [-0.1, -0.05) is 17.7 Å². The van der Waals surface area contributed by atoms with Gasteiger partial charge in [0.2, 0.25) is 5.88 Å². The predicted molar refractivity (Wildman–Crippen MR) is 219 cm³/mol. The lowest BCUT2D eigenvalue weighted by molar-refractivity contribution is -0.137. The topological polar surface area (TPSA) is 159 Å². The van der Waals surface area contributed by atoms with Crippen molar-refractivity contribution in [2.45, 2.75) is 50.8 Å². The third-order valence-electron chi connectivity index (χ3n) is 11.4. The highest BCUT2D eigenvalue weighted by Gasteiger charge is 2.33. The van der Waals surface area contributed by atoms with Crippen molar-refractivity contribution in [3.63, 3.8) is 0 Å². The molecule has 3 fully saturated rings. The van der Waals surface area contributed by atoms with Crippen LogP contribution in [0.2, 0.25) is 5.15 Å². The molecule has 0 radical (unpaired) electrons. The van der Waals surface area contributed by atoms with E-state index in [-0.39, 0.29) is 46.4 Å². The van der Waals surface area contributed by atoms with E-state index in [2.05, 4.69) is 40.8 Å². The fraction of sp³-hybridized carbons (Fsp3) is 0.463. The van der Waals surface area contributed by atoms with E-state index in [1.165, 1.54) is 30.0 Å². The molecule has 3 N–H and O–H groups in total. The number of urea groups is 1. The van der Waals surface area contributed by atoms with Gasteiger partial charge in [-0.2, -0.15) is 18.3 Å². The molecule has 7 rings (SSSR count). The zero-order chi connectivity index (χ0) is 43.3. The Bertz CT molecular complexity index is 2340. The molecule has 1 aromatic carbocycles. The fourth-order valence-corrected chi connectivity index (χ4v) is 8.23. The number of piperidine rings is 2. The molecular formula is C41H45ClF4N10O5. The van der Waals surface area contributed by atoms with Crippen molar-refractivity contribution >= 4 is 52.2 Å². The largest absolute Gasteiger partial charge is 0.475 e. The number of aromatic nitrogens is 4. The van der Waals surface area contributed by atoms with Gasteiger partial charge in [-0.05, 0) is 75.4 Å². The van der Waals surface area contributed by atoms with E-state index < -0.39 is 23.9 Å². The Morgan fingerprint density at radius 2 is 1.74 bits per heavy atom. The van der Waals surface area contributed by atoms with E-state index in [4.69, 9.17) is 21.1 Å². The number of hydrogen-bond acceptors (Lipinski definition) is 12. The number of nitrogens with one attached hydrogen (secondary N) is 3. The van der Waals surface area contributed by atoms with Gasteiger partial charge in [-0.3, -0.25) is 9.80 Å². The Kier molecular flexibility index (Phi) is 13.6. The van der Waals surface area contributed by atoms with Crippen LogP contribution >= 0.6 is 11.6 Å². The van der Waals surface area contributed by atoms with Crippen molar-refractivity contribution in [2.75, 3.05) is 81.6 Å². The third kappa shape index (κ3) is 10.3. The van der Waals surface area contributed by atoms with Crippen molar-refractivity contribution in [1.82, 2.24) is 34.7 Å². The van der Waals surface area contributed by atoms with Crippen LogP contribution in [0.4, 0.5) is 39.4 Å². The molecule has 0 spiro atoms. The summed E-state index contributed by atoms with van der Waals surface area (Å²) in [5, 5.41) is 12.2. The highest BCUT2D eigenvalue weighted by atomic mass is 35.5. The van der Waals surface area contributed by atoms with Gasteiger partial charge >= 0.3 is 12.2 Å². The van der Waals surface area contributed by atoms with E-state index in [1.54, 1.807) is 18.9 Å². The molecule has 324 valence electrons. The lowest BCUT2D eigenvalue weighted by atomic mass is 9.87. The number of hydrogen-bond donors (Lipinski definition) is 3. The number of likely N-dealkylation sites (tertiary alicyclic amines) is 1. The number of carbonyl (C=O) groups excluding carboxylic acids is 3. The van der Waals surface area contributed by atoms with Gasteiger partial charge in [0, 0.05) is 64.6 Å². The number of halogens is 5. The van der Waals surface area contributed by atoms with Gasteiger partial charge in [0.25, 0.3) is 0 Å². The van der Waals surface area contributed by atoms with Gasteiger partial charge in [-0.15, -0.1) is 0 Å². The first-order chi connectivity index (χ1) is 29.3. The van der Waals surface area contributed by atoms with Crippen LogP contribution in [-0.2, 0) is 20.5 Å². The summed E-state index contributed by atoms with van der Waals surface area (Å²) in [7, 11) is 1.47. The average Bonchev–Trinajstić information content (AvgIpc) is 3.64. The number of ether oxygens (including phenoxy) is 2. The molecule has 2 amide bonds. The molecule has 0 bridgehead atoms. The molecule has 3 aromatic heterocycles. The van der Waals surface area contributed by atoms with Crippen molar-refractivity contribution in [3.05, 3.63) is 81.9 Å². The summed E-state index contributed by atoms with van der Waals surface area (Å²) < 4.78 is 69.2. The summed E-state index contributed by atoms with van der Waals surface area (Å²) in [5.74, 6) is 3.23. The third-order valence-corrected chi connectivity index (χ3v) is 11.6. The number of benzene rings is 1. The minimum Gasteiger partial charge on any atom is -0.475 e. The predicted octanol–water partition coefficient (Wildman–Crippen LogP) is 6.10. The van der Waals surface area contributed by atoms with Crippen LogP contribution in [0.1, 0.15) is 61.4 Å². The minimum atomic E-state index is -4.71. The maximum atomic E-state index is 15.4. The maximum Gasteiger partial charge on any atom is 0.417 e. The number of methoxy groups -OCH3 is 1. The molecule has 0 aliphatic carbocycles. The summed E-state index contributed by atoms with van der Waals surface area (Å²) in [5.41, 5.74) is 1.37. The Morgan fingerprint density at radius 3 is 2.43 bits per heavy atom. The van der Waals surface area contributed by atoms with Gasteiger partial charge in [-0.25, -0.2) is 33.3 Å². The monoisotopic (exact) mass is 868 g/mol. The van der Waals surface area contributed by atoms with Crippen LogP contribution in [0.25, 0.3) is 5.65 Å². The lowest BCUT2D eigenvalue weighted by Gasteiger charge is -2.39. The number of amides is 2. The molecule has 20 heteroatoms. The number of carbonyl (C=O) groups is 1. The summed E-state index contributed by atoms with van der Waals surface area (Å²) >= 11 is 6.07. The summed E-state index contributed by atoms with van der Waals surface area (Å²) in [6.45, 7) is 7.80. The van der Waals surface area contributed by atoms with Crippen molar-refractivity contribution < 1.29 is 41.4 Å². The summed E-state index contributed by atoms with van der Waals surface area (Å²) in [6, 6.07) is 6.50. The van der Waals surface area contributed by atoms with Gasteiger partial charge in [0.05, 0.1) is 34.9 Å². The smallest absolute Gasteiger partial charge is 0.417 e. The Morgan fingerprint density at radius 1 is 0.984 bits per heavy atom. The number of alkyl halides is 3. The zero-order valence-corrected chi connectivity index (χ0v) is 34.3. The van der Waals surface area contributed by atoms with Crippen LogP contribution < -0.4 is 25.6 Å². The minimum absolute atomic E-state index is 0.125. The number of pyridine rings is 1. The molecular weight excluding hydrogens is 824 g/mol. The second-order valence-electron chi connectivity index (χ2n) is 15.3. The molecule has 4 aromatic rings. The van der Waals surface area contributed by atoms with Crippen LogP contribution in [0, 0.1) is 11.7 Å². The average molecular weight is 869 g/mol. The van der Waals surface area contributed by atoms with Crippen molar-refractivity contribution in [1.29, 1.82) is 0 Å². The van der Waals surface area contributed by atoms with Crippen LogP contribution in [-0.4, -0.2) is 113 Å². The first-order valence-electron chi connectivity index (χ1n) is 19.9. The number of nitrogens with zero attached hydrogens (tertiary/aromatic N) is 7. The van der Waals surface area contributed by atoms with Crippen LogP contribution in [0.15, 0.2) is 54.1 Å². The second kappa shape index (κ2) is 19.0. The first-order valence-corrected chi connectivity index (χ1v) is 20.3. The number of fused-ring (bicyclic) bond motifs is 1. The molecule has 2 unspecified atom stereocenters. The number of rotatable bonds is 12. The maximum absolute atomic E-state index is 15.4. The molecule has 61 heavy (non-hydrogen) atoms. The van der Waals surface area contributed by atoms with Crippen LogP contribution in [0.3, 0.4) is 0 Å². The Labute approximate surface area is 353 Å². The SMILES string of the molecule is COC(C)c1c(NC(=O)Nc2cc(C(F)(F)F)cnc2OCCN2CCC(CN3CCN(c4ccc(C5CCC(=C=O)NC5=C=O)cc4F)CC3)CC2)cnc2cc(Cl)nn12. The molecule has 2 atom stereocenters. The first kappa shape index (κ1) is 43.5. The lowest BCUT2D eigenvalue weighted by Crippen LogP contribution is -2.49. The van der Waals surface area contributed by atoms with Gasteiger partial charge in [0.1, 0.15) is 41.4 Å². The number of anilines is 3. The number of piperazine rings is 1. The summed E-state index contributed by atoms with van der Waals surface area (Å²) in [6.07, 6.45) is -0.429. The molecule has 6 heterocycles. The molecule has 3 aliphatic heterocycles. The Hall–Kier alpha value is -5.55. The molecule has 15 nitrogen and oxygen atoms in total. The van der Waals surface area contributed by atoms with Gasteiger partial charge in [0.15, 0.2) is 10.8 Å². The summed E-state index contributed by atoms with van der Waals surface area (Å²) in [4.78, 5) is 50.6. The quantitative estimate of drug-likeness (QED) is 0.111. The molecule has 0 saturated carbocycles. The standard InChI is InChI=1S/C41H45ClF4N10O5/c1-25(60-2)38-33(21-47-37-19-36(42)52-56(37)38)51-40(59)50-32-18-28(41(44,45)46)20-48-39(32)61-16-15-53-9-7-26(8-10-53)22-54-11-13-55(14-12-54)35-6-3-27(17-31(35)43)30-5-4-29(23-57)49-34(30)24-58/h3,6,17-21,25-26,30,49H,4-5,7-16,22H2,1-2H3,(H2,50,51,59). The van der Waals surface area contributed by atoms with E-state index in [0.717, 1.165) is 51.6 Å². The highest BCUT2D eigenvalue weighted by molar-refractivity contribution is 6.29. The fourth-order valence-electron chi connectivity index (χ4n) is 8.06.